The number of nitrogens with zero attached hydrogens (tertiary/aromatic N) is 5. The maximum atomic E-state index is 13.4. The van der Waals surface area contributed by atoms with Crippen LogP contribution in [0.1, 0.15) is 58.5 Å². The van der Waals surface area contributed by atoms with Crippen LogP contribution in [-0.2, 0) is 4.74 Å². The number of fused-ring (bicyclic) bond motifs is 3. The molecule has 9 heteroatoms. The normalized spacial score (nSPS) is 18.8. The third-order valence-corrected chi connectivity index (χ3v) is 5.80. The summed E-state index contributed by atoms with van der Waals surface area (Å²) in [5.74, 6) is 0.690. The van der Waals surface area contributed by atoms with Gasteiger partial charge in [0.15, 0.2) is 5.69 Å². The van der Waals surface area contributed by atoms with Gasteiger partial charge >= 0.3 is 0 Å². The second-order valence-electron chi connectivity index (χ2n) is 8.58. The van der Waals surface area contributed by atoms with Gasteiger partial charge in [-0.05, 0) is 58.7 Å². The summed E-state index contributed by atoms with van der Waals surface area (Å²) < 4.78 is 15.0. The average Bonchev–Trinajstić information content (AvgIpc) is 3.38. The van der Waals surface area contributed by atoms with Crippen molar-refractivity contribution in [2.45, 2.75) is 58.3 Å². The molecule has 1 atom stereocenters. The lowest BCUT2D eigenvalue weighted by atomic mass is 10.1. The fourth-order valence-corrected chi connectivity index (χ4v) is 4.31. The lowest BCUT2D eigenvalue weighted by molar-refractivity contribution is -0.0207. The van der Waals surface area contributed by atoms with Gasteiger partial charge in [0.2, 0.25) is 5.82 Å². The average molecular weight is 428 g/mol. The van der Waals surface area contributed by atoms with E-state index in [0.717, 1.165) is 23.9 Å². The van der Waals surface area contributed by atoms with Crippen molar-refractivity contribution in [2.75, 3.05) is 0 Å². The van der Waals surface area contributed by atoms with Crippen LogP contribution in [0.3, 0.4) is 0 Å². The Bertz CT molecular complexity index is 1330. The number of hydrogen-bond donors (Lipinski definition) is 0. The van der Waals surface area contributed by atoms with Crippen LogP contribution in [0.5, 0.6) is 0 Å². The largest absolute Gasteiger partial charge is 0.364 e. The molecule has 1 saturated heterocycles. The molecule has 5 rings (SSSR count). The Morgan fingerprint density at radius 2 is 2.07 bits per heavy atom. The van der Waals surface area contributed by atoms with Crippen molar-refractivity contribution >= 4 is 28.2 Å². The van der Waals surface area contributed by atoms with Crippen LogP contribution in [0, 0.1) is 0 Å². The van der Waals surface area contributed by atoms with Crippen LogP contribution in [0.25, 0.3) is 28.1 Å². The highest BCUT2D eigenvalue weighted by atomic mass is 35.5. The van der Waals surface area contributed by atoms with E-state index < -0.39 is 0 Å². The topological polar surface area (TPSA) is 87.5 Å². The van der Waals surface area contributed by atoms with Crippen LogP contribution in [0.2, 0.25) is 5.02 Å². The van der Waals surface area contributed by atoms with Crippen molar-refractivity contribution < 1.29 is 9.26 Å². The first-order chi connectivity index (χ1) is 14.2. The number of aromatic nitrogens is 5. The summed E-state index contributed by atoms with van der Waals surface area (Å²) in [5.41, 5.74) is 1.92. The van der Waals surface area contributed by atoms with Crippen molar-refractivity contribution in [3.63, 3.8) is 0 Å². The Kier molecular flexibility index (Phi) is 4.27. The molecule has 1 unspecified atom stereocenters. The van der Waals surface area contributed by atoms with Crippen LogP contribution in [0.4, 0.5) is 0 Å². The molecule has 0 bridgehead atoms. The van der Waals surface area contributed by atoms with Gasteiger partial charge in [-0.3, -0.25) is 9.20 Å². The van der Waals surface area contributed by atoms with E-state index in [4.69, 9.17) is 20.9 Å². The van der Waals surface area contributed by atoms with Gasteiger partial charge in [0.1, 0.15) is 17.9 Å². The highest BCUT2D eigenvalue weighted by molar-refractivity contribution is 6.31. The highest BCUT2D eigenvalue weighted by Gasteiger charge is 2.35. The summed E-state index contributed by atoms with van der Waals surface area (Å²) in [6.07, 6.45) is 3.12. The van der Waals surface area contributed by atoms with E-state index in [0.29, 0.717) is 22.1 Å². The maximum absolute atomic E-state index is 13.4. The van der Waals surface area contributed by atoms with E-state index in [1.54, 1.807) is 27.4 Å². The molecule has 4 heterocycles. The fraction of sp³-hybridized carbons (Fsp3) is 0.429. The predicted molar refractivity (Wildman–Crippen MR) is 113 cm³/mol. The molecule has 8 nitrogen and oxygen atoms in total. The van der Waals surface area contributed by atoms with Gasteiger partial charge in [0.05, 0.1) is 16.6 Å². The molecule has 0 saturated carbocycles. The molecule has 0 amide bonds. The zero-order valence-electron chi connectivity index (χ0n) is 17.2. The first-order valence-electron chi connectivity index (χ1n) is 9.98. The summed E-state index contributed by atoms with van der Waals surface area (Å²) in [6, 6.07) is 5.39. The zero-order chi connectivity index (χ0) is 21.2. The molecular weight excluding hydrogens is 406 g/mol. The Morgan fingerprint density at radius 1 is 1.27 bits per heavy atom. The van der Waals surface area contributed by atoms with Gasteiger partial charge in [0, 0.05) is 11.1 Å². The molecular formula is C21H22ClN5O3. The molecule has 0 N–H and O–H groups in total. The summed E-state index contributed by atoms with van der Waals surface area (Å²) in [5, 5.41) is 4.67. The summed E-state index contributed by atoms with van der Waals surface area (Å²) >= 11 is 6.20. The second-order valence-corrected chi connectivity index (χ2v) is 9.01. The van der Waals surface area contributed by atoms with E-state index >= 15 is 0 Å². The smallest absolute Gasteiger partial charge is 0.279 e. The van der Waals surface area contributed by atoms with Crippen molar-refractivity contribution in [3.8, 4) is 11.6 Å². The number of ether oxygens (including phenoxy) is 1. The molecule has 30 heavy (non-hydrogen) atoms. The Labute approximate surface area is 177 Å². The van der Waals surface area contributed by atoms with E-state index in [9.17, 15) is 4.79 Å². The maximum Gasteiger partial charge on any atom is 0.279 e. The van der Waals surface area contributed by atoms with E-state index in [-0.39, 0.29) is 29.2 Å². The van der Waals surface area contributed by atoms with E-state index in [1.807, 2.05) is 33.8 Å². The van der Waals surface area contributed by atoms with Gasteiger partial charge in [-0.2, -0.15) is 4.98 Å². The molecule has 1 fully saturated rings. The minimum Gasteiger partial charge on any atom is -0.364 e. The quantitative estimate of drug-likeness (QED) is 0.476. The summed E-state index contributed by atoms with van der Waals surface area (Å²) in [4.78, 5) is 22.4. The SMILES string of the molecule is CC(C)n1c(=O)c2c(-c3nc(C4CCC(C)(C)O4)no3)ncn2c2ccc(Cl)cc21. The molecule has 0 aliphatic carbocycles. The molecule has 156 valence electrons. The first-order valence-corrected chi connectivity index (χ1v) is 10.4. The fourth-order valence-electron chi connectivity index (χ4n) is 4.15. The minimum absolute atomic E-state index is 0.0708. The van der Waals surface area contributed by atoms with Gasteiger partial charge in [-0.1, -0.05) is 16.8 Å². The second kappa shape index (κ2) is 6.65. The van der Waals surface area contributed by atoms with Gasteiger partial charge in [-0.15, -0.1) is 0 Å². The van der Waals surface area contributed by atoms with E-state index in [2.05, 4.69) is 15.1 Å². The standard InChI is InChI=1S/C21H22ClN5O3/c1-11(2)27-14-9-12(22)5-6-13(14)26-10-23-16(17(26)20(27)28)19-24-18(25-30-19)15-7-8-21(3,4)29-15/h5-6,9-11,15H,7-8H2,1-4H3. The highest BCUT2D eigenvalue weighted by Crippen LogP contribution is 2.38. The molecule has 1 aromatic carbocycles. The first kappa shape index (κ1) is 19.3. The van der Waals surface area contributed by atoms with Gasteiger partial charge in [0.25, 0.3) is 11.4 Å². The number of rotatable bonds is 3. The third-order valence-electron chi connectivity index (χ3n) is 5.56. The number of hydrogen-bond acceptors (Lipinski definition) is 6. The van der Waals surface area contributed by atoms with Crippen molar-refractivity contribution in [2.24, 2.45) is 0 Å². The van der Waals surface area contributed by atoms with Crippen LogP contribution in [-0.4, -0.2) is 29.7 Å². The summed E-state index contributed by atoms with van der Waals surface area (Å²) in [7, 11) is 0. The third kappa shape index (κ3) is 2.94. The summed E-state index contributed by atoms with van der Waals surface area (Å²) in [6.45, 7) is 8.00. The monoisotopic (exact) mass is 427 g/mol. The lowest BCUT2D eigenvalue weighted by Gasteiger charge is -2.17. The molecule has 1 aliphatic heterocycles. The van der Waals surface area contributed by atoms with E-state index in [1.165, 1.54) is 0 Å². The van der Waals surface area contributed by atoms with Gasteiger partial charge < -0.3 is 13.8 Å². The number of benzene rings is 1. The Balaban J connectivity index is 1.70. The van der Waals surface area contributed by atoms with Crippen LogP contribution >= 0.6 is 11.6 Å². The van der Waals surface area contributed by atoms with Crippen molar-refractivity contribution in [3.05, 3.63) is 45.7 Å². The van der Waals surface area contributed by atoms with Crippen LogP contribution < -0.4 is 5.56 Å². The van der Waals surface area contributed by atoms with Crippen LogP contribution in [0.15, 0.2) is 33.8 Å². The van der Waals surface area contributed by atoms with Gasteiger partial charge in [-0.25, -0.2) is 4.98 Å². The number of imidazole rings is 1. The van der Waals surface area contributed by atoms with Crippen molar-refractivity contribution in [1.29, 1.82) is 0 Å². The predicted octanol–water partition coefficient (Wildman–Crippen LogP) is 4.56. The molecule has 3 aromatic heterocycles. The zero-order valence-corrected chi connectivity index (χ0v) is 18.0. The molecule has 4 aromatic rings. The molecule has 0 radical (unpaired) electrons. The molecule has 1 aliphatic rings. The van der Waals surface area contributed by atoms with Crippen molar-refractivity contribution in [1.82, 2.24) is 24.1 Å². The minimum atomic E-state index is -0.221. The Morgan fingerprint density at radius 3 is 2.77 bits per heavy atom. The lowest BCUT2D eigenvalue weighted by Crippen LogP contribution is -2.24. The Hall–Kier alpha value is -2.71. The molecule has 0 spiro atoms. The number of halogens is 1.